The fraction of sp³-hybridized carbons (Fsp3) is 0.643. The van der Waals surface area contributed by atoms with Gasteiger partial charge < -0.3 is 14.8 Å². The molecule has 0 spiro atoms. The highest BCUT2D eigenvalue weighted by molar-refractivity contribution is 6.33. The Hall–Kier alpha value is -1.05. The maximum absolute atomic E-state index is 12.6. The SMILES string of the molecule is COC[C@H]1[C@@H](Nc2ncc(C(F)(F)F)cc2Cl)[C@H]2CCO[C@H]21. The van der Waals surface area contributed by atoms with Crippen LogP contribution in [0.1, 0.15) is 12.0 Å². The van der Waals surface area contributed by atoms with Crippen molar-refractivity contribution in [1.82, 2.24) is 4.98 Å². The predicted molar refractivity (Wildman–Crippen MR) is 74.9 cm³/mol. The van der Waals surface area contributed by atoms with Gasteiger partial charge in [0.15, 0.2) is 0 Å². The number of nitrogens with one attached hydrogen (secondary N) is 1. The van der Waals surface area contributed by atoms with Crippen LogP contribution >= 0.6 is 11.6 Å². The molecule has 1 saturated carbocycles. The Morgan fingerprint density at radius 3 is 2.91 bits per heavy atom. The highest BCUT2D eigenvalue weighted by Crippen LogP contribution is 2.45. The lowest BCUT2D eigenvalue weighted by atomic mass is 9.67. The van der Waals surface area contributed by atoms with Crippen LogP contribution in [0.5, 0.6) is 0 Å². The number of nitrogens with zero attached hydrogens (tertiary/aromatic N) is 1. The van der Waals surface area contributed by atoms with Gasteiger partial charge in [0, 0.05) is 37.8 Å². The summed E-state index contributed by atoms with van der Waals surface area (Å²) in [5.41, 5.74) is -0.854. The zero-order valence-electron chi connectivity index (χ0n) is 11.9. The van der Waals surface area contributed by atoms with Gasteiger partial charge in [0.2, 0.25) is 0 Å². The number of hydrogen-bond acceptors (Lipinski definition) is 4. The molecule has 1 aromatic heterocycles. The molecular formula is C14H16ClF3N2O2. The number of aromatic nitrogens is 1. The second kappa shape index (κ2) is 5.86. The summed E-state index contributed by atoms with van der Waals surface area (Å²) >= 11 is 5.94. The van der Waals surface area contributed by atoms with E-state index in [1.807, 2.05) is 0 Å². The van der Waals surface area contributed by atoms with E-state index in [0.29, 0.717) is 19.1 Å². The van der Waals surface area contributed by atoms with Crippen molar-refractivity contribution >= 4 is 17.4 Å². The van der Waals surface area contributed by atoms with Crippen LogP contribution in [-0.2, 0) is 15.7 Å². The summed E-state index contributed by atoms with van der Waals surface area (Å²) in [6, 6.07) is 0.943. The number of alkyl halides is 3. The number of rotatable bonds is 4. The first-order valence-corrected chi connectivity index (χ1v) is 7.39. The molecule has 0 bridgehead atoms. The van der Waals surface area contributed by atoms with E-state index < -0.39 is 11.7 Å². The topological polar surface area (TPSA) is 43.4 Å². The fourth-order valence-electron chi connectivity index (χ4n) is 3.29. The monoisotopic (exact) mass is 336 g/mol. The van der Waals surface area contributed by atoms with Gasteiger partial charge in [0.25, 0.3) is 0 Å². The number of hydrogen-bond donors (Lipinski definition) is 1. The first kappa shape index (κ1) is 15.8. The lowest BCUT2D eigenvalue weighted by Crippen LogP contribution is -2.58. The molecule has 2 fully saturated rings. The molecule has 1 N–H and O–H groups in total. The minimum atomic E-state index is -4.45. The molecule has 4 nitrogen and oxygen atoms in total. The van der Waals surface area contributed by atoms with Crippen molar-refractivity contribution in [2.75, 3.05) is 25.6 Å². The summed E-state index contributed by atoms with van der Waals surface area (Å²) in [6.45, 7) is 1.22. The first-order valence-electron chi connectivity index (χ1n) is 7.01. The van der Waals surface area contributed by atoms with Crippen LogP contribution in [-0.4, -0.2) is 37.5 Å². The second-order valence-corrected chi connectivity index (χ2v) is 6.04. The number of pyridine rings is 1. The maximum Gasteiger partial charge on any atom is 0.417 e. The molecule has 0 unspecified atom stereocenters. The third-order valence-electron chi connectivity index (χ3n) is 4.36. The van der Waals surface area contributed by atoms with E-state index in [1.54, 1.807) is 7.11 Å². The zero-order chi connectivity index (χ0) is 15.9. The average Bonchev–Trinajstić information content (AvgIpc) is 2.86. The van der Waals surface area contributed by atoms with Gasteiger partial charge >= 0.3 is 6.18 Å². The summed E-state index contributed by atoms with van der Waals surface area (Å²) in [4.78, 5) is 3.83. The molecule has 3 rings (SSSR count). The molecule has 8 heteroatoms. The highest BCUT2D eigenvalue weighted by Gasteiger charge is 2.54. The van der Waals surface area contributed by atoms with Crippen molar-refractivity contribution < 1.29 is 22.6 Å². The molecule has 1 aliphatic heterocycles. The molecule has 1 aliphatic carbocycles. The minimum Gasteiger partial charge on any atom is -0.384 e. The average molecular weight is 337 g/mol. The van der Waals surface area contributed by atoms with Crippen molar-refractivity contribution in [1.29, 1.82) is 0 Å². The van der Waals surface area contributed by atoms with E-state index in [2.05, 4.69) is 10.3 Å². The fourth-order valence-corrected chi connectivity index (χ4v) is 3.51. The summed E-state index contributed by atoms with van der Waals surface area (Å²) < 4.78 is 48.7. The second-order valence-electron chi connectivity index (χ2n) is 5.63. The Balaban J connectivity index is 1.75. The van der Waals surface area contributed by atoms with Gasteiger partial charge in [-0.3, -0.25) is 0 Å². The summed E-state index contributed by atoms with van der Waals surface area (Å²) in [5, 5.41) is 3.13. The molecule has 0 amide bonds. The minimum absolute atomic E-state index is 0.0339. The van der Waals surface area contributed by atoms with Gasteiger partial charge in [-0.2, -0.15) is 13.2 Å². The normalized spacial score (nSPS) is 30.8. The molecule has 4 atom stereocenters. The van der Waals surface area contributed by atoms with Crippen LogP contribution in [0.15, 0.2) is 12.3 Å². The zero-order valence-corrected chi connectivity index (χ0v) is 12.6. The van der Waals surface area contributed by atoms with Crippen molar-refractivity contribution in [3.05, 3.63) is 22.8 Å². The van der Waals surface area contributed by atoms with E-state index in [1.165, 1.54) is 0 Å². The van der Waals surface area contributed by atoms with Gasteiger partial charge in [-0.25, -0.2) is 4.98 Å². The van der Waals surface area contributed by atoms with E-state index in [4.69, 9.17) is 21.1 Å². The lowest BCUT2D eigenvalue weighted by molar-refractivity contribution is -0.137. The van der Waals surface area contributed by atoms with Crippen molar-refractivity contribution in [2.24, 2.45) is 11.8 Å². The highest BCUT2D eigenvalue weighted by atomic mass is 35.5. The largest absolute Gasteiger partial charge is 0.417 e. The van der Waals surface area contributed by atoms with Crippen LogP contribution in [0.3, 0.4) is 0 Å². The number of methoxy groups -OCH3 is 1. The van der Waals surface area contributed by atoms with E-state index in [9.17, 15) is 13.2 Å². The van der Waals surface area contributed by atoms with Gasteiger partial charge in [-0.05, 0) is 12.5 Å². The Morgan fingerprint density at radius 2 is 2.27 bits per heavy atom. The molecule has 122 valence electrons. The van der Waals surface area contributed by atoms with Gasteiger partial charge in [0.1, 0.15) is 5.82 Å². The molecule has 22 heavy (non-hydrogen) atoms. The smallest absolute Gasteiger partial charge is 0.384 e. The van der Waals surface area contributed by atoms with Crippen LogP contribution in [0.4, 0.5) is 19.0 Å². The molecule has 2 aliphatic rings. The Bertz CT molecular complexity index is 555. The molecule has 1 saturated heterocycles. The number of halogens is 4. The number of ether oxygens (including phenoxy) is 2. The molecule has 1 aromatic rings. The molecule has 2 heterocycles. The third kappa shape index (κ3) is 2.77. The first-order chi connectivity index (χ1) is 10.4. The Labute approximate surface area is 131 Å². The van der Waals surface area contributed by atoms with Crippen molar-refractivity contribution in [2.45, 2.75) is 24.7 Å². The summed E-state index contributed by atoms with van der Waals surface area (Å²) in [6.07, 6.45) is -2.60. The lowest BCUT2D eigenvalue weighted by Gasteiger charge is -2.47. The molecule has 0 aromatic carbocycles. The third-order valence-corrected chi connectivity index (χ3v) is 4.65. The standard InChI is InChI=1S/C14H16ClF3N2O2/c1-21-6-9-11(8-2-3-22-12(8)9)20-13-10(15)4-7(5-19-13)14(16,17)18/h4-5,8-9,11-12H,2-3,6H2,1H3,(H,19,20)/t8-,9+,11+,12-/m1/s1. The summed E-state index contributed by atoms with van der Waals surface area (Å²) in [7, 11) is 1.61. The predicted octanol–water partition coefficient (Wildman–Crippen LogP) is 3.22. The van der Waals surface area contributed by atoms with E-state index in [-0.39, 0.29) is 28.9 Å². The van der Waals surface area contributed by atoms with Crippen LogP contribution in [0, 0.1) is 11.8 Å². The van der Waals surface area contributed by atoms with Gasteiger partial charge in [-0.1, -0.05) is 11.6 Å². The summed E-state index contributed by atoms with van der Waals surface area (Å²) in [5.74, 6) is 0.740. The molecular weight excluding hydrogens is 321 g/mol. The van der Waals surface area contributed by atoms with Crippen LogP contribution in [0.25, 0.3) is 0 Å². The van der Waals surface area contributed by atoms with E-state index in [0.717, 1.165) is 18.7 Å². The molecule has 0 radical (unpaired) electrons. The number of fused-ring (bicyclic) bond motifs is 1. The van der Waals surface area contributed by atoms with Crippen molar-refractivity contribution in [3.8, 4) is 0 Å². The van der Waals surface area contributed by atoms with Crippen LogP contribution < -0.4 is 5.32 Å². The van der Waals surface area contributed by atoms with E-state index >= 15 is 0 Å². The van der Waals surface area contributed by atoms with Crippen LogP contribution in [0.2, 0.25) is 5.02 Å². The number of anilines is 1. The van der Waals surface area contributed by atoms with Crippen molar-refractivity contribution in [3.63, 3.8) is 0 Å². The Kier molecular flexibility index (Phi) is 4.22. The van der Waals surface area contributed by atoms with Gasteiger partial charge in [-0.15, -0.1) is 0 Å². The maximum atomic E-state index is 12.6. The quantitative estimate of drug-likeness (QED) is 0.917. The Morgan fingerprint density at radius 1 is 1.50 bits per heavy atom. The van der Waals surface area contributed by atoms with Gasteiger partial charge in [0.05, 0.1) is 23.3 Å².